The number of aliphatic hydroxyl groups excluding tert-OH is 1. The lowest BCUT2D eigenvalue weighted by molar-refractivity contribution is 0.0575. The van der Waals surface area contributed by atoms with Gasteiger partial charge in [-0.15, -0.1) is 0 Å². The molecule has 0 amide bonds. The van der Waals surface area contributed by atoms with Crippen LogP contribution in [0.5, 0.6) is 0 Å². The predicted octanol–water partition coefficient (Wildman–Crippen LogP) is 1.71. The van der Waals surface area contributed by atoms with Crippen LogP contribution in [0.3, 0.4) is 0 Å². The van der Waals surface area contributed by atoms with Gasteiger partial charge in [-0.3, -0.25) is 9.80 Å². The van der Waals surface area contributed by atoms with Gasteiger partial charge in [0.1, 0.15) is 0 Å². The molecule has 3 heteroatoms. The number of aliphatic hydroxyl groups is 1. The zero-order chi connectivity index (χ0) is 12.3. The van der Waals surface area contributed by atoms with E-state index in [1.54, 1.807) is 0 Å². The fourth-order valence-electron chi connectivity index (χ4n) is 3.31. The molecule has 3 unspecified atom stereocenters. The lowest BCUT2D eigenvalue weighted by atomic mass is 10.1. The average molecular weight is 240 g/mol. The highest BCUT2D eigenvalue weighted by Crippen LogP contribution is 2.24. The maximum Gasteiger partial charge on any atom is 0.0512 e. The predicted molar refractivity (Wildman–Crippen MR) is 71.2 cm³/mol. The third-order valence-electron chi connectivity index (χ3n) is 4.38. The molecule has 100 valence electrons. The third kappa shape index (κ3) is 3.67. The molecule has 2 aliphatic heterocycles. The second-order valence-electron chi connectivity index (χ2n) is 5.98. The minimum Gasteiger partial charge on any atom is -0.393 e. The summed E-state index contributed by atoms with van der Waals surface area (Å²) in [6.45, 7) is 9.34. The van der Waals surface area contributed by atoms with E-state index in [2.05, 4.69) is 16.7 Å². The molecule has 0 radical (unpaired) electrons. The smallest absolute Gasteiger partial charge is 0.0512 e. The molecule has 0 aromatic rings. The highest BCUT2D eigenvalue weighted by atomic mass is 16.3. The van der Waals surface area contributed by atoms with Gasteiger partial charge in [-0.1, -0.05) is 0 Å². The number of fused-ring (bicyclic) bond motifs is 1. The van der Waals surface area contributed by atoms with Gasteiger partial charge in [-0.25, -0.2) is 0 Å². The van der Waals surface area contributed by atoms with Crippen molar-refractivity contribution in [1.82, 2.24) is 9.80 Å². The topological polar surface area (TPSA) is 26.7 Å². The average Bonchev–Trinajstić information content (AvgIpc) is 2.71. The van der Waals surface area contributed by atoms with Crippen LogP contribution in [0.15, 0.2) is 0 Å². The number of unbranched alkanes of at least 4 members (excludes halogenated alkanes) is 1. The van der Waals surface area contributed by atoms with Gasteiger partial charge in [0.05, 0.1) is 6.10 Å². The van der Waals surface area contributed by atoms with Crippen molar-refractivity contribution in [1.29, 1.82) is 0 Å². The van der Waals surface area contributed by atoms with Crippen molar-refractivity contribution >= 4 is 0 Å². The Morgan fingerprint density at radius 3 is 2.88 bits per heavy atom. The highest BCUT2D eigenvalue weighted by Gasteiger charge is 2.33. The summed E-state index contributed by atoms with van der Waals surface area (Å²) in [6.07, 6.45) is 6.03. The monoisotopic (exact) mass is 240 g/mol. The Morgan fingerprint density at radius 2 is 2.12 bits per heavy atom. The number of rotatable bonds is 5. The minimum atomic E-state index is -0.126. The minimum absolute atomic E-state index is 0.126. The lowest BCUT2D eigenvalue weighted by Gasteiger charge is -2.42. The van der Waals surface area contributed by atoms with E-state index in [0.29, 0.717) is 0 Å². The summed E-state index contributed by atoms with van der Waals surface area (Å²) >= 11 is 0. The van der Waals surface area contributed by atoms with Crippen molar-refractivity contribution in [2.45, 2.75) is 64.1 Å². The molecule has 0 aliphatic carbocycles. The Kier molecular flexibility index (Phi) is 4.83. The SMILES string of the molecule is CC(O)CCCCN1CC2CCCN2CC1C. The van der Waals surface area contributed by atoms with E-state index in [1.807, 2.05) is 6.92 Å². The summed E-state index contributed by atoms with van der Waals surface area (Å²) in [5.74, 6) is 0. The Labute approximate surface area is 106 Å². The first-order valence-electron chi connectivity index (χ1n) is 7.33. The van der Waals surface area contributed by atoms with Gasteiger partial charge in [-0.2, -0.15) is 0 Å². The molecule has 2 fully saturated rings. The van der Waals surface area contributed by atoms with Crippen LogP contribution in [0.25, 0.3) is 0 Å². The summed E-state index contributed by atoms with van der Waals surface area (Å²) in [7, 11) is 0. The molecule has 0 bridgehead atoms. The second kappa shape index (κ2) is 6.17. The molecular weight excluding hydrogens is 212 g/mol. The van der Waals surface area contributed by atoms with Crippen molar-refractivity contribution in [3.63, 3.8) is 0 Å². The molecule has 2 saturated heterocycles. The zero-order valence-corrected chi connectivity index (χ0v) is 11.4. The van der Waals surface area contributed by atoms with Crippen molar-refractivity contribution in [2.75, 3.05) is 26.2 Å². The maximum absolute atomic E-state index is 9.24. The summed E-state index contributed by atoms with van der Waals surface area (Å²) in [5.41, 5.74) is 0. The fraction of sp³-hybridized carbons (Fsp3) is 1.00. The molecule has 0 spiro atoms. The number of nitrogens with zero attached hydrogens (tertiary/aromatic N) is 2. The van der Waals surface area contributed by atoms with Crippen LogP contribution >= 0.6 is 0 Å². The molecule has 2 aliphatic rings. The second-order valence-corrected chi connectivity index (χ2v) is 5.98. The Bertz CT molecular complexity index is 232. The molecule has 0 aromatic carbocycles. The van der Waals surface area contributed by atoms with Crippen LogP contribution in [0.4, 0.5) is 0 Å². The third-order valence-corrected chi connectivity index (χ3v) is 4.38. The summed E-state index contributed by atoms with van der Waals surface area (Å²) in [4.78, 5) is 5.34. The summed E-state index contributed by atoms with van der Waals surface area (Å²) < 4.78 is 0. The van der Waals surface area contributed by atoms with Gasteiger partial charge in [0.2, 0.25) is 0 Å². The fourth-order valence-corrected chi connectivity index (χ4v) is 3.31. The molecule has 17 heavy (non-hydrogen) atoms. The largest absolute Gasteiger partial charge is 0.393 e. The van der Waals surface area contributed by atoms with Gasteiger partial charge < -0.3 is 5.11 Å². The first kappa shape index (κ1) is 13.3. The van der Waals surface area contributed by atoms with Crippen LogP contribution in [0, 0.1) is 0 Å². The standard InChI is InChI=1S/C14H28N2O/c1-12-10-16-9-5-7-14(16)11-15(12)8-4-3-6-13(2)17/h12-14,17H,3-11H2,1-2H3. The van der Waals surface area contributed by atoms with E-state index >= 15 is 0 Å². The van der Waals surface area contributed by atoms with Gasteiger partial charge in [0, 0.05) is 25.2 Å². The van der Waals surface area contributed by atoms with E-state index in [4.69, 9.17) is 0 Å². The van der Waals surface area contributed by atoms with Crippen LogP contribution in [-0.4, -0.2) is 59.3 Å². The van der Waals surface area contributed by atoms with Crippen molar-refractivity contribution in [3.05, 3.63) is 0 Å². The Balaban J connectivity index is 1.69. The first-order chi connectivity index (χ1) is 8.16. The van der Waals surface area contributed by atoms with Gasteiger partial charge >= 0.3 is 0 Å². The zero-order valence-electron chi connectivity index (χ0n) is 11.4. The van der Waals surface area contributed by atoms with Crippen LogP contribution in [0.2, 0.25) is 0 Å². The molecular formula is C14H28N2O. The Morgan fingerprint density at radius 1 is 1.29 bits per heavy atom. The molecule has 1 N–H and O–H groups in total. The van der Waals surface area contributed by atoms with Crippen LogP contribution in [0.1, 0.15) is 46.0 Å². The normalized spacial score (nSPS) is 32.6. The van der Waals surface area contributed by atoms with Gasteiger partial charge in [0.25, 0.3) is 0 Å². The molecule has 3 nitrogen and oxygen atoms in total. The van der Waals surface area contributed by atoms with Crippen molar-refractivity contribution in [2.24, 2.45) is 0 Å². The van der Waals surface area contributed by atoms with E-state index in [1.165, 1.54) is 45.4 Å². The van der Waals surface area contributed by atoms with Crippen LogP contribution in [-0.2, 0) is 0 Å². The Hall–Kier alpha value is -0.120. The first-order valence-corrected chi connectivity index (χ1v) is 7.33. The number of hydrogen-bond acceptors (Lipinski definition) is 3. The quantitative estimate of drug-likeness (QED) is 0.741. The van der Waals surface area contributed by atoms with Crippen LogP contribution < -0.4 is 0 Å². The van der Waals surface area contributed by atoms with E-state index < -0.39 is 0 Å². The van der Waals surface area contributed by atoms with E-state index in [-0.39, 0.29) is 6.10 Å². The summed E-state index contributed by atoms with van der Waals surface area (Å²) in [5, 5.41) is 9.24. The van der Waals surface area contributed by atoms with E-state index in [9.17, 15) is 5.11 Å². The van der Waals surface area contributed by atoms with Crippen molar-refractivity contribution < 1.29 is 5.11 Å². The lowest BCUT2D eigenvalue weighted by Crippen LogP contribution is -2.54. The molecule has 2 rings (SSSR count). The molecule has 0 saturated carbocycles. The molecule has 3 atom stereocenters. The maximum atomic E-state index is 9.24. The number of piperazine rings is 1. The van der Waals surface area contributed by atoms with Crippen molar-refractivity contribution in [3.8, 4) is 0 Å². The van der Waals surface area contributed by atoms with E-state index in [0.717, 1.165) is 24.9 Å². The van der Waals surface area contributed by atoms with Gasteiger partial charge in [0.15, 0.2) is 0 Å². The molecule has 2 heterocycles. The summed E-state index contributed by atoms with van der Waals surface area (Å²) in [6, 6.07) is 1.55. The molecule has 0 aromatic heterocycles. The van der Waals surface area contributed by atoms with Gasteiger partial charge in [-0.05, 0) is 59.0 Å². The number of hydrogen-bond donors (Lipinski definition) is 1. The highest BCUT2D eigenvalue weighted by molar-refractivity contribution is 4.90.